The van der Waals surface area contributed by atoms with Crippen LogP contribution in [0.4, 0.5) is 5.69 Å². The Bertz CT molecular complexity index is 580. The number of nitro benzene ring substituents is 1. The van der Waals surface area contributed by atoms with Gasteiger partial charge in [0.1, 0.15) is 0 Å². The highest BCUT2D eigenvalue weighted by Gasteiger charge is 2.18. The van der Waals surface area contributed by atoms with Crippen LogP contribution in [0.3, 0.4) is 0 Å². The fourth-order valence-electron chi connectivity index (χ4n) is 2.16. The van der Waals surface area contributed by atoms with Crippen molar-refractivity contribution in [3.8, 4) is 0 Å². The van der Waals surface area contributed by atoms with Crippen molar-refractivity contribution in [2.45, 2.75) is 25.8 Å². The molecule has 5 heteroatoms. The number of hydrogen-bond donors (Lipinski definition) is 1. The maximum atomic E-state index is 11.0. The Balaban J connectivity index is 2.24. The van der Waals surface area contributed by atoms with E-state index < -0.39 is 0 Å². The molecule has 100 valence electrons. The van der Waals surface area contributed by atoms with Crippen LogP contribution in [-0.2, 0) is 12.8 Å². The van der Waals surface area contributed by atoms with Gasteiger partial charge < -0.3 is 5.73 Å². The molecule has 0 bridgehead atoms. The molecule has 4 nitrogen and oxygen atoms in total. The minimum absolute atomic E-state index is 0.146. The minimum atomic E-state index is -0.350. The predicted molar refractivity (Wildman–Crippen MR) is 77.4 cm³/mol. The van der Waals surface area contributed by atoms with Crippen molar-refractivity contribution in [2.75, 3.05) is 0 Å². The van der Waals surface area contributed by atoms with E-state index in [2.05, 4.69) is 13.0 Å². The largest absolute Gasteiger partial charge is 0.323 e. The number of nitro groups is 1. The van der Waals surface area contributed by atoms with Crippen LogP contribution >= 0.6 is 11.3 Å². The summed E-state index contributed by atoms with van der Waals surface area (Å²) in [6.45, 7) is 2.09. The van der Waals surface area contributed by atoms with Crippen LogP contribution in [0.25, 0.3) is 0 Å². The fraction of sp³-hybridized carbons (Fsp3) is 0.286. The van der Waals surface area contributed by atoms with Gasteiger partial charge in [-0.3, -0.25) is 10.1 Å². The maximum absolute atomic E-state index is 11.0. The molecule has 1 heterocycles. The average Bonchev–Trinajstić information content (AvgIpc) is 2.87. The molecule has 0 aliphatic carbocycles. The molecule has 2 N–H and O–H groups in total. The van der Waals surface area contributed by atoms with Gasteiger partial charge in [0.05, 0.1) is 4.92 Å². The summed E-state index contributed by atoms with van der Waals surface area (Å²) in [5.74, 6) is 0. The van der Waals surface area contributed by atoms with E-state index in [4.69, 9.17) is 5.73 Å². The third kappa shape index (κ3) is 3.00. The van der Waals surface area contributed by atoms with Crippen LogP contribution in [0.15, 0.2) is 35.7 Å². The summed E-state index contributed by atoms with van der Waals surface area (Å²) in [5.41, 5.74) is 8.27. The van der Waals surface area contributed by atoms with E-state index >= 15 is 0 Å². The molecule has 0 fully saturated rings. The zero-order chi connectivity index (χ0) is 13.8. The predicted octanol–water partition coefficient (Wildman–Crippen LogP) is 3.46. The van der Waals surface area contributed by atoms with Gasteiger partial charge >= 0.3 is 0 Å². The van der Waals surface area contributed by atoms with Gasteiger partial charge in [-0.05, 0) is 29.9 Å². The van der Waals surface area contributed by atoms with E-state index in [1.807, 2.05) is 11.4 Å². The maximum Gasteiger partial charge on any atom is 0.272 e. The zero-order valence-electron chi connectivity index (χ0n) is 10.7. The quantitative estimate of drug-likeness (QED) is 0.671. The Kier molecular flexibility index (Phi) is 4.29. The lowest BCUT2D eigenvalue weighted by molar-refractivity contribution is -0.385. The third-order valence-electron chi connectivity index (χ3n) is 3.13. The van der Waals surface area contributed by atoms with Crippen molar-refractivity contribution in [2.24, 2.45) is 5.73 Å². The van der Waals surface area contributed by atoms with Crippen molar-refractivity contribution in [3.63, 3.8) is 0 Å². The first-order valence-electron chi connectivity index (χ1n) is 6.17. The highest BCUT2D eigenvalue weighted by atomic mass is 32.1. The van der Waals surface area contributed by atoms with Gasteiger partial charge in [-0.25, -0.2) is 0 Å². The Hall–Kier alpha value is -1.72. The fourth-order valence-corrected chi connectivity index (χ4v) is 3.16. The van der Waals surface area contributed by atoms with Crippen LogP contribution in [0.1, 0.15) is 29.0 Å². The Labute approximate surface area is 116 Å². The molecule has 2 aromatic rings. The summed E-state index contributed by atoms with van der Waals surface area (Å²) in [7, 11) is 0. The average molecular weight is 276 g/mol. The molecule has 19 heavy (non-hydrogen) atoms. The van der Waals surface area contributed by atoms with Crippen molar-refractivity contribution in [1.82, 2.24) is 0 Å². The number of nitrogens with zero attached hydrogens (tertiary/aromatic N) is 1. The summed E-state index contributed by atoms with van der Waals surface area (Å²) < 4.78 is 0. The molecule has 0 aliphatic heterocycles. The zero-order valence-corrected chi connectivity index (χ0v) is 11.5. The number of para-hydroxylation sites is 1. The summed E-state index contributed by atoms with van der Waals surface area (Å²) in [4.78, 5) is 11.8. The monoisotopic (exact) mass is 276 g/mol. The van der Waals surface area contributed by atoms with Crippen LogP contribution in [0, 0.1) is 10.1 Å². The van der Waals surface area contributed by atoms with Gasteiger partial charge in [-0.2, -0.15) is 0 Å². The van der Waals surface area contributed by atoms with Gasteiger partial charge in [0, 0.05) is 22.5 Å². The number of nitrogens with two attached hydrogens (primary N) is 1. The molecule has 2 rings (SSSR count). The minimum Gasteiger partial charge on any atom is -0.323 e. The van der Waals surface area contributed by atoms with Crippen LogP contribution in [-0.4, -0.2) is 4.92 Å². The molecule has 1 aromatic heterocycles. The SMILES string of the molecule is CCc1ccsc1C(N)Cc1ccccc1[N+](=O)[O-]. The molecule has 1 atom stereocenters. The van der Waals surface area contributed by atoms with Crippen LogP contribution < -0.4 is 5.73 Å². The van der Waals surface area contributed by atoms with Crippen molar-refractivity contribution < 1.29 is 4.92 Å². The Morgan fingerprint density at radius 1 is 1.32 bits per heavy atom. The van der Waals surface area contributed by atoms with E-state index in [1.54, 1.807) is 23.5 Å². The summed E-state index contributed by atoms with van der Waals surface area (Å²) >= 11 is 1.62. The molecule has 0 saturated heterocycles. The lowest BCUT2D eigenvalue weighted by Gasteiger charge is -2.12. The topological polar surface area (TPSA) is 69.2 Å². The van der Waals surface area contributed by atoms with E-state index in [0.29, 0.717) is 12.0 Å². The third-order valence-corrected chi connectivity index (χ3v) is 4.22. The molecular weight excluding hydrogens is 260 g/mol. The number of aryl methyl sites for hydroxylation is 1. The second-order valence-corrected chi connectivity index (χ2v) is 5.31. The standard InChI is InChI=1S/C14H16N2O2S/c1-2-10-7-8-19-14(10)12(15)9-11-5-3-4-6-13(11)16(17)18/h3-8,12H,2,9,15H2,1H3. The lowest BCUT2D eigenvalue weighted by atomic mass is 10.0. The normalized spacial score (nSPS) is 12.3. The van der Waals surface area contributed by atoms with Gasteiger partial charge in [0.25, 0.3) is 5.69 Å². The molecular formula is C14H16N2O2S. The van der Waals surface area contributed by atoms with E-state index in [1.165, 1.54) is 11.6 Å². The number of rotatable bonds is 5. The van der Waals surface area contributed by atoms with Crippen LogP contribution in [0.5, 0.6) is 0 Å². The highest BCUT2D eigenvalue weighted by Crippen LogP contribution is 2.28. The Morgan fingerprint density at radius 2 is 2.05 bits per heavy atom. The van der Waals surface area contributed by atoms with E-state index in [9.17, 15) is 10.1 Å². The van der Waals surface area contributed by atoms with Crippen molar-refractivity contribution in [1.29, 1.82) is 0 Å². The summed E-state index contributed by atoms with van der Waals surface area (Å²) in [5, 5.41) is 13.0. The first-order chi connectivity index (χ1) is 9.13. The first kappa shape index (κ1) is 13.7. The van der Waals surface area contributed by atoms with Gasteiger partial charge in [0.2, 0.25) is 0 Å². The summed E-state index contributed by atoms with van der Waals surface area (Å²) in [6, 6.07) is 8.67. The highest BCUT2D eigenvalue weighted by molar-refractivity contribution is 7.10. The molecule has 1 unspecified atom stereocenters. The number of benzene rings is 1. The second kappa shape index (κ2) is 5.95. The van der Waals surface area contributed by atoms with Gasteiger partial charge in [0.15, 0.2) is 0 Å². The lowest BCUT2D eigenvalue weighted by Crippen LogP contribution is -2.14. The molecule has 0 aliphatic rings. The smallest absolute Gasteiger partial charge is 0.272 e. The first-order valence-corrected chi connectivity index (χ1v) is 7.05. The van der Waals surface area contributed by atoms with Gasteiger partial charge in [-0.15, -0.1) is 11.3 Å². The molecule has 0 spiro atoms. The molecule has 0 amide bonds. The molecule has 0 radical (unpaired) electrons. The Morgan fingerprint density at radius 3 is 2.74 bits per heavy atom. The second-order valence-electron chi connectivity index (χ2n) is 4.36. The van der Waals surface area contributed by atoms with Crippen LogP contribution in [0.2, 0.25) is 0 Å². The molecule has 0 saturated carbocycles. The van der Waals surface area contributed by atoms with Crippen molar-refractivity contribution in [3.05, 3.63) is 61.8 Å². The number of thiophene rings is 1. The summed E-state index contributed by atoms with van der Waals surface area (Å²) in [6.07, 6.45) is 1.42. The van der Waals surface area contributed by atoms with Gasteiger partial charge in [-0.1, -0.05) is 25.1 Å². The van der Waals surface area contributed by atoms with E-state index in [-0.39, 0.29) is 16.7 Å². The van der Waals surface area contributed by atoms with Crippen molar-refractivity contribution >= 4 is 17.0 Å². The van der Waals surface area contributed by atoms with E-state index in [0.717, 1.165) is 11.3 Å². The number of hydrogen-bond acceptors (Lipinski definition) is 4. The molecule has 1 aromatic carbocycles.